The van der Waals surface area contributed by atoms with Gasteiger partial charge in [0.25, 0.3) is 0 Å². The van der Waals surface area contributed by atoms with E-state index in [4.69, 9.17) is 16.3 Å². The van der Waals surface area contributed by atoms with E-state index in [0.29, 0.717) is 35.2 Å². The van der Waals surface area contributed by atoms with E-state index >= 15 is 0 Å². The van der Waals surface area contributed by atoms with Crippen molar-refractivity contribution in [3.8, 4) is 5.75 Å². The lowest BCUT2D eigenvalue weighted by atomic mass is 10.1. The lowest BCUT2D eigenvalue weighted by molar-refractivity contribution is -0.139. The summed E-state index contributed by atoms with van der Waals surface area (Å²) in [6.45, 7) is 6.05. The highest BCUT2D eigenvalue weighted by atomic mass is 35.5. The van der Waals surface area contributed by atoms with Gasteiger partial charge in [0, 0.05) is 18.1 Å². The maximum atomic E-state index is 13.5. The number of anilines is 1. The molecule has 0 radical (unpaired) electrons. The first-order valence-electron chi connectivity index (χ1n) is 11.6. The minimum atomic E-state index is -3.80. The van der Waals surface area contributed by atoms with Gasteiger partial charge in [0.05, 0.1) is 18.6 Å². The summed E-state index contributed by atoms with van der Waals surface area (Å²) in [4.78, 5) is 27.7. The minimum absolute atomic E-state index is 0.0573. The van der Waals surface area contributed by atoms with Gasteiger partial charge in [-0.1, -0.05) is 43.1 Å². The van der Waals surface area contributed by atoms with Gasteiger partial charge in [-0.3, -0.25) is 13.9 Å². The smallest absolute Gasteiger partial charge is 0.244 e. The molecule has 2 amide bonds. The Morgan fingerprint density at radius 2 is 1.74 bits per heavy atom. The highest BCUT2D eigenvalue weighted by Crippen LogP contribution is 2.23. The number of sulfonamides is 1. The van der Waals surface area contributed by atoms with Crippen molar-refractivity contribution in [1.29, 1.82) is 0 Å². The number of carbonyl (C=O) groups excluding carboxylic acids is 2. The van der Waals surface area contributed by atoms with Gasteiger partial charge in [-0.05, 0) is 56.2 Å². The molecule has 1 unspecified atom stereocenters. The molecule has 0 aliphatic rings. The summed E-state index contributed by atoms with van der Waals surface area (Å²) >= 11 is 6.32. The molecule has 1 N–H and O–H groups in total. The van der Waals surface area contributed by atoms with Crippen molar-refractivity contribution >= 4 is 39.1 Å². The molecule has 0 spiro atoms. The van der Waals surface area contributed by atoms with Gasteiger partial charge < -0.3 is 15.0 Å². The Hall–Kier alpha value is -2.78. The molecule has 1 atom stereocenters. The second kappa shape index (κ2) is 13.3. The molecule has 2 aromatic rings. The van der Waals surface area contributed by atoms with E-state index in [0.717, 1.165) is 23.4 Å². The molecule has 0 fully saturated rings. The SMILES string of the molecule is CCCCNC(=O)C(C)N(Cc1ccccc1Cl)C(=O)CN(c1ccc(OCC)cc1)S(C)(=O)=O. The zero-order valence-electron chi connectivity index (χ0n) is 20.7. The summed E-state index contributed by atoms with van der Waals surface area (Å²) < 4.78 is 31.7. The Labute approximate surface area is 213 Å². The van der Waals surface area contributed by atoms with E-state index in [1.807, 2.05) is 13.8 Å². The van der Waals surface area contributed by atoms with Crippen molar-refractivity contribution in [3.63, 3.8) is 0 Å². The van der Waals surface area contributed by atoms with E-state index in [2.05, 4.69) is 5.32 Å². The molecule has 0 saturated carbocycles. The first-order chi connectivity index (χ1) is 16.6. The van der Waals surface area contributed by atoms with Crippen LogP contribution in [0.1, 0.15) is 39.2 Å². The number of nitrogens with zero attached hydrogens (tertiary/aromatic N) is 2. The molecule has 8 nitrogen and oxygen atoms in total. The van der Waals surface area contributed by atoms with Crippen molar-refractivity contribution < 1.29 is 22.7 Å². The van der Waals surface area contributed by atoms with Crippen LogP contribution in [0.2, 0.25) is 5.02 Å². The molecule has 192 valence electrons. The summed E-state index contributed by atoms with van der Waals surface area (Å²) in [5.41, 5.74) is 0.977. The van der Waals surface area contributed by atoms with Gasteiger partial charge >= 0.3 is 0 Å². The molecular formula is C25H34ClN3O5S. The number of halogens is 1. The molecule has 0 heterocycles. The molecule has 35 heavy (non-hydrogen) atoms. The van der Waals surface area contributed by atoms with Crippen molar-refractivity contribution in [1.82, 2.24) is 10.2 Å². The Morgan fingerprint density at radius 3 is 2.31 bits per heavy atom. The molecule has 0 aliphatic heterocycles. The van der Waals surface area contributed by atoms with E-state index in [1.165, 1.54) is 4.90 Å². The predicted octanol–water partition coefficient (Wildman–Crippen LogP) is 3.84. The summed E-state index contributed by atoms with van der Waals surface area (Å²) in [6.07, 6.45) is 2.77. The number of carbonyl (C=O) groups is 2. The van der Waals surface area contributed by atoms with Crippen molar-refractivity contribution in [2.75, 3.05) is 30.3 Å². The summed E-state index contributed by atoms with van der Waals surface area (Å²) in [5.74, 6) is -0.248. The van der Waals surface area contributed by atoms with Crippen LogP contribution in [0.15, 0.2) is 48.5 Å². The molecule has 0 saturated heterocycles. The number of ether oxygens (including phenoxy) is 1. The number of benzene rings is 2. The fraction of sp³-hybridized carbons (Fsp3) is 0.440. The monoisotopic (exact) mass is 523 g/mol. The van der Waals surface area contributed by atoms with E-state index in [-0.39, 0.29) is 12.5 Å². The maximum absolute atomic E-state index is 13.5. The minimum Gasteiger partial charge on any atom is -0.494 e. The van der Waals surface area contributed by atoms with Crippen LogP contribution in [0, 0.1) is 0 Å². The molecule has 10 heteroatoms. The van der Waals surface area contributed by atoms with E-state index in [1.54, 1.807) is 55.5 Å². The second-order valence-corrected chi connectivity index (χ2v) is 10.4. The topological polar surface area (TPSA) is 96.0 Å². The molecule has 0 aliphatic carbocycles. The van der Waals surface area contributed by atoms with Crippen molar-refractivity contribution in [2.45, 2.75) is 46.2 Å². The Bertz CT molecular complexity index is 1090. The number of hydrogen-bond acceptors (Lipinski definition) is 5. The Kier molecular flexibility index (Phi) is 10.9. The van der Waals surface area contributed by atoms with Crippen LogP contribution in [0.25, 0.3) is 0 Å². The quantitative estimate of drug-likeness (QED) is 0.402. The number of rotatable bonds is 13. The highest BCUT2D eigenvalue weighted by Gasteiger charge is 2.30. The Balaban J connectivity index is 2.34. The van der Waals surface area contributed by atoms with Crippen LogP contribution in [-0.4, -0.2) is 57.1 Å². The number of amides is 2. The predicted molar refractivity (Wildman–Crippen MR) is 139 cm³/mol. The fourth-order valence-electron chi connectivity index (χ4n) is 3.42. The summed E-state index contributed by atoms with van der Waals surface area (Å²) in [7, 11) is -3.80. The number of nitrogens with one attached hydrogen (secondary N) is 1. The zero-order chi connectivity index (χ0) is 26.0. The normalized spacial score (nSPS) is 12.0. The second-order valence-electron chi connectivity index (χ2n) is 8.13. The van der Waals surface area contributed by atoms with Gasteiger partial charge in [0.1, 0.15) is 18.3 Å². The standard InChI is InChI=1S/C25H34ClN3O5S/c1-5-7-16-27-25(31)19(3)28(17-20-10-8-9-11-23(20)26)24(30)18-29(35(4,32)33)21-12-14-22(15-13-21)34-6-2/h8-15,19H,5-7,16-18H2,1-4H3,(H,27,31). The van der Waals surface area contributed by atoms with Crippen molar-refractivity contribution in [2.24, 2.45) is 0 Å². The first-order valence-corrected chi connectivity index (χ1v) is 13.8. The third-order valence-corrected chi connectivity index (χ3v) is 6.92. The molecular weight excluding hydrogens is 490 g/mol. The van der Waals surface area contributed by atoms with Crippen LogP contribution in [-0.2, 0) is 26.2 Å². The number of hydrogen-bond donors (Lipinski definition) is 1. The van der Waals surface area contributed by atoms with Crippen LogP contribution in [0.3, 0.4) is 0 Å². The highest BCUT2D eigenvalue weighted by molar-refractivity contribution is 7.92. The van der Waals surface area contributed by atoms with Gasteiger partial charge in [0.15, 0.2) is 0 Å². The van der Waals surface area contributed by atoms with E-state index < -0.39 is 28.5 Å². The average molecular weight is 524 g/mol. The molecule has 0 aromatic heterocycles. The van der Waals surface area contributed by atoms with E-state index in [9.17, 15) is 18.0 Å². The largest absolute Gasteiger partial charge is 0.494 e. The van der Waals surface area contributed by atoms with Gasteiger partial charge in [-0.25, -0.2) is 8.42 Å². The van der Waals surface area contributed by atoms with Gasteiger partial charge in [-0.2, -0.15) is 0 Å². The average Bonchev–Trinajstić information content (AvgIpc) is 2.81. The molecule has 0 bridgehead atoms. The van der Waals surface area contributed by atoms with Crippen LogP contribution < -0.4 is 14.4 Å². The van der Waals surface area contributed by atoms with Gasteiger partial charge in [0.2, 0.25) is 21.8 Å². The lowest BCUT2D eigenvalue weighted by Gasteiger charge is -2.31. The van der Waals surface area contributed by atoms with Gasteiger partial charge in [-0.15, -0.1) is 0 Å². The lowest BCUT2D eigenvalue weighted by Crippen LogP contribution is -2.51. The van der Waals surface area contributed by atoms with Crippen LogP contribution in [0.5, 0.6) is 5.75 Å². The van der Waals surface area contributed by atoms with Crippen LogP contribution in [0.4, 0.5) is 5.69 Å². The molecule has 2 aromatic carbocycles. The third kappa shape index (κ3) is 8.43. The first kappa shape index (κ1) is 28.5. The fourth-order valence-corrected chi connectivity index (χ4v) is 4.46. The maximum Gasteiger partial charge on any atom is 0.244 e. The zero-order valence-corrected chi connectivity index (χ0v) is 22.2. The summed E-state index contributed by atoms with van der Waals surface area (Å²) in [6, 6.07) is 12.7. The third-order valence-electron chi connectivity index (χ3n) is 5.41. The Morgan fingerprint density at radius 1 is 1.09 bits per heavy atom. The van der Waals surface area contributed by atoms with Crippen LogP contribution >= 0.6 is 11.6 Å². The number of unbranched alkanes of at least 4 members (excludes halogenated alkanes) is 1. The van der Waals surface area contributed by atoms with Crippen molar-refractivity contribution in [3.05, 3.63) is 59.1 Å². The molecule has 2 rings (SSSR count). The summed E-state index contributed by atoms with van der Waals surface area (Å²) in [5, 5.41) is 3.30.